The van der Waals surface area contributed by atoms with Crippen molar-refractivity contribution in [1.29, 1.82) is 0 Å². The number of fused-ring (bicyclic) bond motifs is 2. The molecule has 6 nitrogen and oxygen atoms in total. The fraction of sp³-hybridized carbons (Fsp3) is 0.263. The highest BCUT2D eigenvalue weighted by atomic mass is 16.5. The zero-order valence-electron chi connectivity index (χ0n) is 13.9. The molecule has 1 atom stereocenters. The van der Waals surface area contributed by atoms with E-state index in [0.29, 0.717) is 36.4 Å². The summed E-state index contributed by atoms with van der Waals surface area (Å²) in [6, 6.07) is 12.5. The van der Waals surface area contributed by atoms with Crippen LogP contribution >= 0.6 is 0 Å². The predicted molar refractivity (Wildman–Crippen MR) is 95.0 cm³/mol. The summed E-state index contributed by atoms with van der Waals surface area (Å²) in [6.45, 7) is 3.54. The van der Waals surface area contributed by atoms with Gasteiger partial charge in [-0.05, 0) is 37.3 Å². The van der Waals surface area contributed by atoms with E-state index in [1.165, 1.54) is 4.90 Å². The molecule has 0 radical (unpaired) electrons. The van der Waals surface area contributed by atoms with Crippen molar-refractivity contribution < 1.29 is 14.3 Å². The number of amides is 2. The second kappa shape index (κ2) is 5.81. The summed E-state index contributed by atoms with van der Waals surface area (Å²) in [5, 5.41) is 0. The number of nitrogens with two attached hydrogens (primary N) is 1. The van der Waals surface area contributed by atoms with Crippen LogP contribution in [0.15, 0.2) is 42.5 Å². The zero-order chi connectivity index (χ0) is 17.6. The highest BCUT2D eigenvalue weighted by Crippen LogP contribution is 2.35. The van der Waals surface area contributed by atoms with E-state index in [0.717, 1.165) is 11.4 Å². The second-order valence-corrected chi connectivity index (χ2v) is 6.41. The maximum Gasteiger partial charge on any atom is 0.261 e. The fourth-order valence-electron chi connectivity index (χ4n) is 3.42. The predicted octanol–water partition coefficient (Wildman–Crippen LogP) is 2.15. The van der Waals surface area contributed by atoms with Crippen LogP contribution in [0.25, 0.3) is 0 Å². The van der Waals surface area contributed by atoms with Crippen LogP contribution in [0.2, 0.25) is 0 Å². The first-order chi connectivity index (χ1) is 12.0. The molecule has 2 aromatic rings. The number of ether oxygens (including phenoxy) is 1. The standard InChI is InChI=1S/C19H19N3O3/c1-12-11-21(16-10-13(20)6-7-17(16)25-12)8-9-22-18(23)14-4-2-3-5-15(14)19(22)24/h2-7,10,12H,8-9,11,20H2,1H3. The number of benzene rings is 2. The Balaban J connectivity index is 1.54. The quantitative estimate of drug-likeness (QED) is 0.686. The number of hydrogen-bond donors (Lipinski definition) is 1. The maximum absolute atomic E-state index is 12.5. The number of carbonyl (C=O) groups excluding carboxylic acids is 2. The minimum atomic E-state index is -0.227. The Morgan fingerprint density at radius 3 is 2.44 bits per heavy atom. The summed E-state index contributed by atoms with van der Waals surface area (Å²) in [5.74, 6) is 0.319. The second-order valence-electron chi connectivity index (χ2n) is 6.41. The Labute approximate surface area is 145 Å². The lowest BCUT2D eigenvalue weighted by Gasteiger charge is -2.35. The van der Waals surface area contributed by atoms with Gasteiger partial charge in [-0.15, -0.1) is 0 Å². The van der Waals surface area contributed by atoms with Crippen molar-refractivity contribution in [3.8, 4) is 5.75 Å². The van der Waals surface area contributed by atoms with Crippen LogP contribution in [0.4, 0.5) is 11.4 Å². The van der Waals surface area contributed by atoms with Crippen molar-refractivity contribution >= 4 is 23.2 Å². The summed E-state index contributed by atoms with van der Waals surface area (Å²) < 4.78 is 5.84. The molecule has 128 valence electrons. The van der Waals surface area contributed by atoms with Gasteiger partial charge >= 0.3 is 0 Å². The smallest absolute Gasteiger partial charge is 0.261 e. The molecule has 2 aliphatic heterocycles. The largest absolute Gasteiger partial charge is 0.487 e. The summed E-state index contributed by atoms with van der Waals surface area (Å²) in [6.07, 6.45) is 0.0262. The molecule has 1 unspecified atom stereocenters. The van der Waals surface area contributed by atoms with E-state index in [-0.39, 0.29) is 17.9 Å². The van der Waals surface area contributed by atoms with Crippen molar-refractivity contribution in [1.82, 2.24) is 4.90 Å². The van der Waals surface area contributed by atoms with Crippen molar-refractivity contribution in [2.75, 3.05) is 30.3 Å². The Morgan fingerprint density at radius 2 is 1.76 bits per heavy atom. The van der Waals surface area contributed by atoms with Crippen LogP contribution in [0.1, 0.15) is 27.6 Å². The van der Waals surface area contributed by atoms with Crippen LogP contribution in [0.3, 0.4) is 0 Å². The van der Waals surface area contributed by atoms with Crippen molar-refractivity contribution in [3.63, 3.8) is 0 Å². The number of anilines is 2. The molecule has 0 saturated heterocycles. The van der Waals surface area contributed by atoms with Crippen molar-refractivity contribution in [2.45, 2.75) is 13.0 Å². The molecule has 2 amide bonds. The molecule has 2 aliphatic rings. The molecule has 2 aromatic carbocycles. The average molecular weight is 337 g/mol. The van der Waals surface area contributed by atoms with Crippen molar-refractivity contribution in [2.24, 2.45) is 0 Å². The molecule has 0 spiro atoms. The van der Waals surface area contributed by atoms with E-state index in [9.17, 15) is 9.59 Å². The summed E-state index contributed by atoms with van der Waals surface area (Å²) in [5.41, 5.74) is 8.41. The molecular formula is C19H19N3O3. The van der Waals surface area contributed by atoms with Crippen LogP contribution < -0.4 is 15.4 Å². The van der Waals surface area contributed by atoms with Gasteiger partial charge in [0.2, 0.25) is 0 Å². The Kier molecular flexibility index (Phi) is 3.60. The zero-order valence-corrected chi connectivity index (χ0v) is 13.9. The van der Waals surface area contributed by atoms with E-state index < -0.39 is 0 Å². The molecule has 6 heteroatoms. The van der Waals surface area contributed by atoms with E-state index in [2.05, 4.69) is 4.90 Å². The van der Waals surface area contributed by atoms with Crippen LogP contribution in [-0.4, -0.2) is 42.5 Å². The van der Waals surface area contributed by atoms with Gasteiger partial charge < -0.3 is 15.4 Å². The Morgan fingerprint density at radius 1 is 1.08 bits per heavy atom. The van der Waals surface area contributed by atoms with Gasteiger partial charge in [0.1, 0.15) is 11.9 Å². The van der Waals surface area contributed by atoms with E-state index in [1.807, 2.05) is 19.1 Å². The lowest BCUT2D eigenvalue weighted by atomic mass is 10.1. The minimum Gasteiger partial charge on any atom is -0.487 e. The lowest BCUT2D eigenvalue weighted by Crippen LogP contribution is -2.44. The van der Waals surface area contributed by atoms with Gasteiger partial charge in [0, 0.05) is 18.8 Å². The average Bonchev–Trinajstić information content (AvgIpc) is 2.85. The molecule has 2 N–H and O–H groups in total. The monoisotopic (exact) mass is 337 g/mol. The molecule has 2 heterocycles. The van der Waals surface area contributed by atoms with Crippen LogP contribution in [0.5, 0.6) is 5.75 Å². The topological polar surface area (TPSA) is 75.9 Å². The van der Waals surface area contributed by atoms with Crippen LogP contribution in [-0.2, 0) is 0 Å². The number of carbonyl (C=O) groups is 2. The molecule has 0 bridgehead atoms. The summed E-state index contributed by atoms with van der Waals surface area (Å²) >= 11 is 0. The van der Waals surface area contributed by atoms with Crippen LogP contribution in [0, 0.1) is 0 Å². The number of rotatable bonds is 3. The first kappa shape index (κ1) is 15.5. The van der Waals surface area contributed by atoms with Gasteiger partial charge in [-0.25, -0.2) is 0 Å². The number of imide groups is 1. The summed E-state index contributed by atoms with van der Waals surface area (Å²) in [4.78, 5) is 28.4. The first-order valence-corrected chi connectivity index (χ1v) is 8.31. The van der Waals surface area contributed by atoms with E-state index in [1.54, 1.807) is 30.3 Å². The van der Waals surface area contributed by atoms with E-state index in [4.69, 9.17) is 10.5 Å². The Hall–Kier alpha value is -3.02. The molecule has 0 saturated carbocycles. The van der Waals surface area contributed by atoms with Crippen molar-refractivity contribution in [3.05, 3.63) is 53.6 Å². The minimum absolute atomic E-state index is 0.0262. The molecule has 0 aliphatic carbocycles. The highest BCUT2D eigenvalue weighted by molar-refractivity contribution is 6.21. The van der Waals surface area contributed by atoms with Gasteiger partial charge in [0.05, 0.1) is 23.4 Å². The molecular weight excluding hydrogens is 318 g/mol. The third-order valence-electron chi connectivity index (χ3n) is 4.60. The number of hydrogen-bond acceptors (Lipinski definition) is 5. The highest BCUT2D eigenvalue weighted by Gasteiger charge is 2.35. The SMILES string of the molecule is CC1CN(CCN2C(=O)c3ccccc3C2=O)c2cc(N)ccc2O1. The third-order valence-corrected chi connectivity index (χ3v) is 4.60. The molecule has 0 aromatic heterocycles. The van der Waals surface area contributed by atoms with Gasteiger partial charge in [0.15, 0.2) is 0 Å². The van der Waals surface area contributed by atoms with E-state index >= 15 is 0 Å². The Bertz CT molecular complexity index is 830. The molecule has 25 heavy (non-hydrogen) atoms. The molecule has 0 fully saturated rings. The lowest BCUT2D eigenvalue weighted by molar-refractivity contribution is 0.0657. The van der Waals surface area contributed by atoms with Gasteiger partial charge in [0.25, 0.3) is 11.8 Å². The fourth-order valence-corrected chi connectivity index (χ4v) is 3.42. The first-order valence-electron chi connectivity index (χ1n) is 8.31. The van der Waals surface area contributed by atoms with Gasteiger partial charge in [-0.3, -0.25) is 14.5 Å². The number of nitrogens with zero attached hydrogens (tertiary/aromatic N) is 2. The molecule has 4 rings (SSSR count). The van der Waals surface area contributed by atoms with Gasteiger partial charge in [-0.2, -0.15) is 0 Å². The third kappa shape index (κ3) is 2.59. The normalized spacial score (nSPS) is 18.8. The summed E-state index contributed by atoms with van der Waals surface area (Å²) in [7, 11) is 0. The maximum atomic E-state index is 12.5. The number of nitrogen functional groups attached to an aromatic ring is 1. The van der Waals surface area contributed by atoms with Gasteiger partial charge in [-0.1, -0.05) is 12.1 Å².